The van der Waals surface area contributed by atoms with Gasteiger partial charge >= 0.3 is 0 Å². The van der Waals surface area contributed by atoms with Crippen LogP contribution in [-0.2, 0) is 9.84 Å². The number of hydrazine groups is 1. The predicted octanol–water partition coefficient (Wildman–Crippen LogP) is 0.664. The van der Waals surface area contributed by atoms with E-state index in [-0.39, 0.29) is 17.8 Å². The van der Waals surface area contributed by atoms with Crippen molar-refractivity contribution in [1.82, 2.24) is 5.32 Å². The number of amides is 1. The number of nitrogens with one attached hydrogen (secondary N) is 2. The molecule has 1 aromatic carbocycles. The summed E-state index contributed by atoms with van der Waals surface area (Å²) in [6, 6.07) is 3.92. The average molecular weight is 303 g/mol. The molecule has 0 radical (unpaired) electrons. The Kier molecular flexibility index (Phi) is 4.72. The van der Waals surface area contributed by atoms with E-state index in [9.17, 15) is 17.6 Å². The average Bonchev–Trinajstić information content (AvgIpc) is 2.34. The highest BCUT2D eigenvalue weighted by Crippen LogP contribution is 2.19. The van der Waals surface area contributed by atoms with Gasteiger partial charge in [-0.2, -0.15) is 0 Å². The molecule has 0 spiro atoms. The summed E-state index contributed by atoms with van der Waals surface area (Å²) in [6.07, 6.45) is 1.09. The molecule has 4 N–H and O–H groups in total. The number of benzene rings is 1. The van der Waals surface area contributed by atoms with E-state index < -0.39 is 26.3 Å². The Labute approximate surface area is 117 Å². The Morgan fingerprint density at radius 2 is 2.00 bits per heavy atom. The number of sulfone groups is 1. The van der Waals surface area contributed by atoms with Crippen molar-refractivity contribution in [2.45, 2.75) is 18.6 Å². The quantitative estimate of drug-likeness (QED) is 0.548. The minimum atomic E-state index is -3.33. The van der Waals surface area contributed by atoms with Crippen LogP contribution < -0.4 is 16.6 Å². The molecule has 0 unspecified atom stereocenters. The van der Waals surface area contributed by atoms with Crippen LogP contribution in [0.1, 0.15) is 24.2 Å². The minimum Gasteiger partial charge on any atom is -0.350 e. The lowest BCUT2D eigenvalue weighted by Gasteiger charge is -2.23. The number of hydrogen-bond donors (Lipinski definition) is 3. The zero-order valence-corrected chi connectivity index (χ0v) is 12.3. The van der Waals surface area contributed by atoms with Crippen LogP contribution in [-0.4, -0.2) is 31.9 Å². The number of hydrogen-bond acceptors (Lipinski definition) is 5. The van der Waals surface area contributed by atoms with Crippen molar-refractivity contribution >= 4 is 21.4 Å². The molecule has 1 aromatic rings. The van der Waals surface area contributed by atoms with Gasteiger partial charge in [0, 0.05) is 12.8 Å². The lowest BCUT2D eigenvalue weighted by atomic mass is 10.1. The standard InChI is InChI=1S/C12H18FN3O3S/c1-12(2,20(3,18)19)7-15-11(17)8-5-4-6-9(13)10(8)16-14/h4-6,16H,7,14H2,1-3H3,(H,15,17). The summed E-state index contributed by atoms with van der Waals surface area (Å²) in [4.78, 5) is 12.0. The molecule has 0 aliphatic heterocycles. The van der Waals surface area contributed by atoms with Crippen molar-refractivity contribution in [2.75, 3.05) is 18.2 Å². The smallest absolute Gasteiger partial charge is 0.253 e. The Balaban J connectivity index is 2.92. The number of anilines is 1. The van der Waals surface area contributed by atoms with Crippen molar-refractivity contribution < 1.29 is 17.6 Å². The van der Waals surface area contributed by atoms with Crippen LogP contribution in [0.4, 0.5) is 10.1 Å². The van der Waals surface area contributed by atoms with Crippen LogP contribution in [0.5, 0.6) is 0 Å². The highest BCUT2D eigenvalue weighted by Gasteiger charge is 2.30. The molecule has 0 bridgehead atoms. The largest absolute Gasteiger partial charge is 0.350 e. The monoisotopic (exact) mass is 303 g/mol. The summed E-state index contributed by atoms with van der Waals surface area (Å²) in [5, 5.41) is 2.47. The first-order chi connectivity index (χ1) is 9.10. The molecule has 0 heterocycles. The van der Waals surface area contributed by atoms with Crippen molar-refractivity contribution in [3.05, 3.63) is 29.6 Å². The third-order valence-electron chi connectivity index (χ3n) is 3.08. The number of rotatable bonds is 5. The summed E-state index contributed by atoms with van der Waals surface area (Å²) in [6.45, 7) is 2.90. The van der Waals surface area contributed by atoms with Gasteiger partial charge in [-0.05, 0) is 26.0 Å². The molecule has 6 nitrogen and oxygen atoms in total. The zero-order valence-electron chi connectivity index (χ0n) is 11.5. The van der Waals surface area contributed by atoms with Crippen LogP contribution in [0.25, 0.3) is 0 Å². The lowest BCUT2D eigenvalue weighted by molar-refractivity contribution is 0.0951. The van der Waals surface area contributed by atoms with Gasteiger partial charge in [0.15, 0.2) is 9.84 Å². The highest BCUT2D eigenvalue weighted by molar-refractivity contribution is 7.92. The molecule has 1 amide bonds. The highest BCUT2D eigenvalue weighted by atomic mass is 32.2. The van der Waals surface area contributed by atoms with Gasteiger partial charge in [0.2, 0.25) is 0 Å². The summed E-state index contributed by atoms with van der Waals surface area (Å²) in [5.41, 5.74) is 1.99. The van der Waals surface area contributed by atoms with Crippen molar-refractivity contribution in [2.24, 2.45) is 5.84 Å². The van der Waals surface area contributed by atoms with E-state index in [1.807, 2.05) is 0 Å². The number of carbonyl (C=O) groups excluding carboxylic acids is 1. The SMILES string of the molecule is CC(C)(CNC(=O)c1cccc(F)c1NN)S(C)(=O)=O. The van der Waals surface area contributed by atoms with Gasteiger partial charge in [-0.15, -0.1) is 0 Å². The maximum absolute atomic E-state index is 13.5. The Hall–Kier alpha value is -1.67. The molecule has 20 heavy (non-hydrogen) atoms. The lowest BCUT2D eigenvalue weighted by Crippen LogP contribution is -2.44. The molecule has 0 fully saturated rings. The molecule has 0 aliphatic carbocycles. The number of nitrogens with two attached hydrogens (primary N) is 1. The van der Waals surface area contributed by atoms with Crippen molar-refractivity contribution in [3.63, 3.8) is 0 Å². The zero-order chi connectivity index (χ0) is 15.6. The fourth-order valence-electron chi connectivity index (χ4n) is 1.38. The second kappa shape index (κ2) is 5.76. The van der Waals surface area contributed by atoms with Gasteiger partial charge in [-0.25, -0.2) is 12.8 Å². The minimum absolute atomic E-state index is 0.0109. The van der Waals surface area contributed by atoms with E-state index in [1.54, 1.807) is 0 Å². The maximum atomic E-state index is 13.5. The molecule has 0 saturated carbocycles. The van der Waals surface area contributed by atoms with Crippen LogP contribution >= 0.6 is 0 Å². The van der Waals surface area contributed by atoms with Gasteiger partial charge in [0.05, 0.1) is 16.0 Å². The van der Waals surface area contributed by atoms with E-state index in [1.165, 1.54) is 26.0 Å². The predicted molar refractivity (Wildman–Crippen MR) is 75.5 cm³/mol. The van der Waals surface area contributed by atoms with E-state index in [2.05, 4.69) is 10.7 Å². The first-order valence-corrected chi connectivity index (χ1v) is 7.72. The fraction of sp³-hybridized carbons (Fsp3) is 0.417. The number of para-hydroxylation sites is 1. The van der Waals surface area contributed by atoms with Crippen LogP contribution in [0.3, 0.4) is 0 Å². The Morgan fingerprint density at radius 3 is 2.50 bits per heavy atom. The molecular formula is C12H18FN3O3S. The number of nitrogen functional groups attached to an aromatic ring is 1. The van der Waals surface area contributed by atoms with E-state index in [0.29, 0.717) is 0 Å². The van der Waals surface area contributed by atoms with Crippen molar-refractivity contribution in [3.8, 4) is 0 Å². The van der Waals surface area contributed by atoms with Crippen LogP contribution in [0, 0.1) is 5.82 Å². The third-order valence-corrected chi connectivity index (χ3v) is 5.23. The third kappa shape index (κ3) is 3.45. The van der Waals surface area contributed by atoms with E-state index >= 15 is 0 Å². The molecule has 0 aliphatic rings. The van der Waals surface area contributed by atoms with Gasteiger partial charge in [-0.3, -0.25) is 10.6 Å². The van der Waals surface area contributed by atoms with E-state index in [4.69, 9.17) is 5.84 Å². The van der Waals surface area contributed by atoms with Crippen LogP contribution in [0.2, 0.25) is 0 Å². The Bertz CT molecular complexity index is 614. The molecule has 0 atom stereocenters. The first kappa shape index (κ1) is 16.4. The summed E-state index contributed by atoms with van der Waals surface area (Å²) in [5.74, 6) is 3.91. The van der Waals surface area contributed by atoms with Gasteiger partial charge in [0.25, 0.3) is 5.91 Å². The first-order valence-electron chi connectivity index (χ1n) is 5.83. The number of halogens is 1. The fourth-order valence-corrected chi connectivity index (χ4v) is 1.71. The molecule has 0 aromatic heterocycles. The summed E-state index contributed by atoms with van der Waals surface area (Å²) >= 11 is 0. The van der Waals surface area contributed by atoms with E-state index in [0.717, 1.165) is 12.3 Å². The summed E-state index contributed by atoms with van der Waals surface area (Å²) in [7, 11) is -3.33. The summed E-state index contributed by atoms with van der Waals surface area (Å²) < 4.78 is 35.4. The molecule has 8 heteroatoms. The normalized spacial score (nSPS) is 12.1. The molecular weight excluding hydrogens is 285 g/mol. The topological polar surface area (TPSA) is 101 Å². The van der Waals surface area contributed by atoms with Gasteiger partial charge in [-0.1, -0.05) is 6.07 Å². The molecule has 112 valence electrons. The van der Waals surface area contributed by atoms with Crippen molar-refractivity contribution in [1.29, 1.82) is 0 Å². The second-order valence-corrected chi connectivity index (χ2v) is 7.67. The van der Waals surface area contributed by atoms with Crippen LogP contribution in [0.15, 0.2) is 18.2 Å². The maximum Gasteiger partial charge on any atom is 0.253 e. The second-order valence-electron chi connectivity index (χ2n) is 5.02. The molecule has 0 saturated heterocycles. The Morgan fingerprint density at radius 1 is 1.40 bits per heavy atom. The van der Waals surface area contributed by atoms with Gasteiger partial charge < -0.3 is 10.7 Å². The van der Waals surface area contributed by atoms with Gasteiger partial charge in [0.1, 0.15) is 5.82 Å². The molecule has 1 rings (SSSR count). The number of carbonyl (C=O) groups is 1.